The van der Waals surface area contributed by atoms with Crippen LogP contribution in [0.2, 0.25) is 0 Å². The van der Waals surface area contributed by atoms with Gasteiger partial charge in [0.1, 0.15) is 0 Å². The maximum atomic E-state index is 5.82. The summed E-state index contributed by atoms with van der Waals surface area (Å²) in [4.78, 5) is 2.63. The van der Waals surface area contributed by atoms with Crippen LogP contribution in [-0.2, 0) is 4.74 Å². The van der Waals surface area contributed by atoms with Gasteiger partial charge in [0.25, 0.3) is 0 Å². The molecule has 2 unspecified atom stereocenters. The van der Waals surface area contributed by atoms with Gasteiger partial charge in [-0.2, -0.15) is 0 Å². The number of nitrogens with zero attached hydrogens (tertiary/aromatic N) is 1. The molecule has 0 aliphatic carbocycles. The standard InChI is InChI=1S/C17H34N2O/c1-5-9-19-10-6-15(7-11-19)14(2)18-16-8-12-20-17(3,4)13-16/h14-16,18H,5-13H2,1-4H3. The van der Waals surface area contributed by atoms with Gasteiger partial charge >= 0.3 is 0 Å². The highest BCUT2D eigenvalue weighted by Gasteiger charge is 2.31. The van der Waals surface area contributed by atoms with Crippen LogP contribution in [0.4, 0.5) is 0 Å². The molecule has 0 radical (unpaired) electrons. The van der Waals surface area contributed by atoms with Gasteiger partial charge in [-0.15, -0.1) is 0 Å². The molecule has 2 saturated heterocycles. The van der Waals surface area contributed by atoms with E-state index < -0.39 is 0 Å². The van der Waals surface area contributed by atoms with Gasteiger partial charge in [0, 0.05) is 18.7 Å². The molecule has 3 nitrogen and oxygen atoms in total. The predicted octanol–water partition coefficient (Wildman–Crippen LogP) is 3.04. The number of hydrogen-bond acceptors (Lipinski definition) is 3. The SMILES string of the molecule is CCCN1CCC(C(C)NC2CCOC(C)(C)C2)CC1. The molecule has 2 atom stereocenters. The van der Waals surface area contributed by atoms with E-state index in [2.05, 4.69) is 37.9 Å². The fourth-order valence-corrected chi connectivity index (χ4v) is 3.87. The number of hydrogen-bond donors (Lipinski definition) is 1. The number of nitrogens with one attached hydrogen (secondary N) is 1. The van der Waals surface area contributed by atoms with Crippen molar-refractivity contribution < 1.29 is 4.74 Å². The summed E-state index contributed by atoms with van der Waals surface area (Å²) in [6, 6.07) is 1.29. The lowest BCUT2D eigenvalue weighted by Gasteiger charge is -2.40. The maximum Gasteiger partial charge on any atom is 0.0641 e. The Labute approximate surface area is 125 Å². The Hall–Kier alpha value is -0.120. The van der Waals surface area contributed by atoms with Gasteiger partial charge in [0.2, 0.25) is 0 Å². The molecule has 1 N–H and O–H groups in total. The van der Waals surface area contributed by atoms with Crippen molar-refractivity contribution in [3.8, 4) is 0 Å². The highest BCUT2D eigenvalue weighted by atomic mass is 16.5. The Morgan fingerprint density at radius 2 is 1.95 bits per heavy atom. The molecule has 0 amide bonds. The fraction of sp³-hybridized carbons (Fsp3) is 1.00. The zero-order valence-corrected chi connectivity index (χ0v) is 14.0. The Bertz CT molecular complexity index is 285. The minimum atomic E-state index is 0.0557. The van der Waals surface area contributed by atoms with Crippen LogP contribution >= 0.6 is 0 Å². The molecule has 2 rings (SSSR count). The van der Waals surface area contributed by atoms with Crippen molar-refractivity contribution >= 4 is 0 Å². The first kappa shape index (κ1) is 16.3. The molecule has 2 heterocycles. The van der Waals surface area contributed by atoms with Crippen LogP contribution < -0.4 is 5.32 Å². The first-order valence-corrected chi connectivity index (χ1v) is 8.62. The quantitative estimate of drug-likeness (QED) is 0.839. The van der Waals surface area contributed by atoms with Crippen molar-refractivity contribution in [3.63, 3.8) is 0 Å². The van der Waals surface area contributed by atoms with Crippen LogP contribution in [0.25, 0.3) is 0 Å². The second-order valence-corrected chi connectivity index (χ2v) is 7.43. The first-order chi connectivity index (χ1) is 9.50. The lowest BCUT2D eigenvalue weighted by Crippen LogP contribution is -2.50. The summed E-state index contributed by atoms with van der Waals surface area (Å²) in [5, 5.41) is 3.89. The average Bonchev–Trinajstić information content (AvgIpc) is 2.38. The Kier molecular flexibility index (Phi) is 5.88. The van der Waals surface area contributed by atoms with Gasteiger partial charge in [-0.1, -0.05) is 6.92 Å². The number of ether oxygens (including phenoxy) is 1. The van der Waals surface area contributed by atoms with Crippen LogP contribution in [0.5, 0.6) is 0 Å². The van der Waals surface area contributed by atoms with E-state index in [1.165, 1.54) is 45.3 Å². The summed E-state index contributed by atoms with van der Waals surface area (Å²) >= 11 is 0. The molecule has 2 fully saturated rings. The van der Waals surface area contributed by atoms with Crippen LogP contribution in [0.1, 0.15) is 59.8 Å². The van der Waals surface area contributed by atoms with E-state index in [4.69, 9.17) is 4.74 Å². The number of piperidine rings is 1. The van der Waals surface area contributed by atoms with E-state index in [0.29, 0.717) is 12.1 Å². The van der Waals surface area contributed by atoms with Crippen LogP contribution in [0.15, 0.2) is 0 Å². The summed E-state index contributed by atoms with van der Waals surface area (Å²) in [6.07, 6.45) is 6.33. The smallest absolute Gasteiger partial charge is 0.0641 e. The third kappa shape index (κ3) is 4.71. The lowest BCUT2D eigenvalue weighted by atomic mass is 9.88. The van der Waals surface area contributed by atoms with Crippen molar-refractivity contribution in [1.29, 1.82) is 0 Å². The molecular weight excluding hydrogens is 248 g/mol. The molecule has 20 heavy (non-hydrogen) atoms. The Morgan fingerprint density at radius 1 is 1.25 bits per heavy atom. The predicted molar refractivity (Wildman–Crippen MR) is 85.1 cm³/mol. The third-order valence-corrected chi connectivity index (χ3v) is 5.07. The molecule has 0 spiro atoms. The van der Waals surface area contributed by atoms with Gasteiger partial charge in [-0.3, -0.25) is 0 Å². The van der Waals surface area contributed by atoms with E-state index in [9.17, 15) is 0 Å². The van der Waals surface area contributed by atoms with E-state index in [1.807, 2.05) is 0 Å². The molecule has 3 heteroatoms. The lowest BCUT2D eigenvalue weighted by molar-refractivity contribution is -0.0650. The monoisotopic (exact) mass is 282 g/mol. The Morgan fingerprint density at radius 3 is 2.55 bits per heavy atom. The molecule has 2 aliphatic heterocycles. The zero-order valence-electron chi connectivity index (χ0n) is 14.0. The summed E-state index contributed by atoms with van der Waals surface area (Å²) in [7, 11) is 0. The van der Waals surface area contributed by atoms with Crippen LogP contribution in [0, 0.1) is 5.92 Å². The number of rotatable bonds is 5. The van der Waals surface area contributed by atoms with E-state index in [1.54, 1.807) is 0 Å². The second kappa shape index (κ2) is 7.24. The van der Waals surface area contributed by atoms with E-state index in [0.717, 1.165) is 18.9 Å². The molecule has 0 aromatic rings. The van der Waals surface area contributed by atoms with Crippen molar-refractivity contribution in [3.05, 3.63) is 0 Å². The fourth-order valence-electron chi connectivity index (χ4n) is 3.87. The summed E-state index contributed by atoms with van der Waals surface area (Å²) in [5.74, 6) is 0.856. The van der Waals surface area contributed by atoms with Gasteiger partial charge in [-0.05, 0) is 78.4 Å². The molecule has 0 aromatic heterocycles. The molecule has 0 aromatic carbocycles. The van der Waals surface area contributed by atoms with Crippen molar-refractivity contribution in [2.75, 3.05) is 26.2 Å². The van der Waals surface area contributed by atoms with E-state index in [-0.39, 0.29) is 5.60 Å². The normalized spacial score (nSPS) is 30.3. The second-order valence-electron chi connectivity index (χ2n) is 7.43. The average molecular weight is 282 g/mol. The van der Waals surface area contributed by atoms with Crippen LogP contribution in [0.3, 0.4) is 0 Å². The highest BCUT2D eigenvalue weighted by molar-refractivity contribution is 4.87. The molecule has 2 aliphatic rings. The summed E-state index contributed by atoms with van der Waals surface area (Å²) in [5.41, 5.74) is 0.0557. The van der Waals surface area contributed by atoms with Gasteiger partial charge in [0.15, 0.2) is 0 Å². The summed E-state index contributed by atoms with van der Waals surface area (Å²) in [6.45, 7) is 13.9. The minimum Gasteiger partial charge on any atom is -0.375 e. The molecule has 0 saturated carbocycles. The van der Waals surface area contributed by atoms with Gasteiger partial charge < -0.3 is 15.0 Å². The van der Waals surface area contributed by atoms with Crippen molar-refractivity contribution in [1.82, 2.24) is 10.2 Å². The van der Waals surface area contributed by atoms with E-state index >= 15 is 0 Å². The minimum absolute atomic E-state index is 0.0557. The number of likely N-dealkylation sites (tertiary alicyclic amines) is 1. The summed E-state index contributed by atoms with van der Waals surface area (Å²) < 4.78 is 5.82. The Balaban J connectivity index is 1.74. The topological polar surface area (TPSA) is 24.5 Å². The molecule has 0 bridgehead atoms. The van der Waals surface area contributed by atoms with Crippen molar-refractivity contribution in [2.45, 2.75) is 77.5 Å². The van der Waals surface area contributed by atoms with Gasteiger partial charge in [0.05, 0.1) is 5.60 Å². The third-order valence-electron chi connectivity index (χ3n) is 5.07. The van der Waals surface area contributed by atoms with Gasteiger partial charge in [-0.25, -0.2) is 0 Å². The zero-order chi connectivity index (χ0) is 14.6. The largest absolute Gasteiger partial charge is 0.375 e. The molecular formula is C17H34N2O. The van der Waals surface area contributed by atoms with Crippen LogP contribution in [-0.4, -0.2) is 48.8 Å². The molecule has 118 valence electrons. The maximum absolute atomic E-state index is 5.82. The van der Waals surface area contributed by atoms with Crippen molar-refractivity contribution in [2.24, 2.45) is 5.92 Å². The highest BCUT2D eigenvalue weighted by Crippen LogP contribution is 2.26. The first-order valence-electron chi connectivity index (χ1n) is 8.62.